The van der Waals surface area contributed by atoms with E-state index in [0.717, 1.165) is 44.9 Å². The van der Waals surface area contributed by atoms with Crippen LogP contribution in [0.3, 0.4) is 0 Å². The van der Waals surface area contributed by atoms with Gasteiger partial charge in [0.1, 0.15) is 6.33 Å². The fraction of sp³-hybridized carbons (Fsp3) is 0.846. The van der Waals surface area contributed by atoms with Gasteiger partial charge in [0.15, 0.2) is 0 Å². The number of carbonyl (C=O) groups excluding carboxylic acids is 1. The summed E-state index contributed by atoms with van der Waals surface area (Å²) >= 11 is 0. The first-order valence-corrected chi connectivity index (χ1v) is 19.0. The largest absolute Gasteiger partial charge is 0.481 e. The Balaban J connectivity index is 1.47. The minimum atomic E-state index is -0.654. The molecule has 5 aliphatic rings. The molecular formula is C39H63N5O5. The van der Waals surface area contributed by atoms with E-state index >= 15 is 0 Å². The molecule has 4 fully saturated rings. The smallest absolute Gasteiger partial charge is 0.307 e. The average Bonchev–Trinajstić information content (AvgIpc) is 3.54. The molecule has 4 aliphatic carbocycles. The molecule has 6 rings (SSSR count). The predicted molar refractivity (Wildman–Crippen MR) is 188 cm³/mol. The summed E-state index contributed by atoms with van der Waals surface area (Å²) < 4.78 is 15.4. The van der Waals surface area contributed by atoms with Crippen molar-refractivity contribution in [2.24, 2.45) is 68.1 Å². The summed E-state index contributed by atoms with van der Waals surface area (Å²) in [6.07, 6.45) is 10.4. The van der Waals surface area contributed by atoms with Gasteiger partial charge in [0.05, 0.1) is 37.9 Å². The lowest BCUT2D eigenvalue weighted by Crippen LogP contribution is -2.69. The van der Waals surface area contributed by atoms with Gasteiger partial charge in [0.2, 0.25) is 5.82 Å². The van der Waals surface area contributed by atoms with Crippen LogP contribution in [0.2, 0.25) is 0 Å². The minimum Gasteiger partial charge on any atom is -0.481 e. The first-order valence-electron chi connectivity index (χ1n) is 19.0. The molecule has 1 amide bonds. The highest BCUT2D eigenvalue weighted by molar-refractivity contribution is 5.89. The fourth-order valence-electron chi connectivity index (χ4n) is 12.5. The Hall–Kier alpha value is -2.30. The zero-order valence-corrected chi connectivity index (χ0v) is 31.6. The van der Waals surface area contributed by atoms with Gasteiger partial charge in [0, 0.05) is 16.4 Å². The molecule has 10 heteroatoms. The first-order chi connectivity index (χ1) is 22.9. The number of hydrogen-bond acceptors (Lipinski definition) is 7. The number of aromatic nitrogens is 3. The lowest BCUT2D eigenvalue weighted by atomic mass is 9.34. The molecule has 1 aromatic rings. The van der Waals surface area contributed by atoms with Crippen LogP contribution in [0.15, 0.2) is 18.0 Å². The van der Waals surface area contributed by atoms with Crippen LogP contribution < -0.4 is 11.5 Å². The van der Waals surface area contributed by atoms with Crippen LogP contribution in [0.5, 0.6) is 0 Å². The fourth-order valence-corrected chi connectivity index (χ4v) is 12.5. The van der Waals surface area contributed by atoms with Crippen molar-refractivity contribution in [1.82, 2.24) is 14.8 Å². The molecule has 274 valence electrons. The van der Waals surface area contributed by atoms with Crippen molar-refractivity contribution in [3.63, 3.8) is 0 Å². The topological polar surface area (TPSA) is 156 Å². The molecule has 0 aromatic carbocycles. The number of nitrogens with zero attached hydrogens (tertiary/aromatic N) is 3. The lowest BCUT2D eigenvalue weighted by Gasteiger charge is -2.71. The molecule has 0 radical (unpaired) electrons. The molecule has 0 unspecified atom stereocenters. The number of nitrogens with two attached hydrogens (primary N) is 2. The van der Waals surface area contributed by atoms with Gasteiger partial charge < -0.3 is 26.0 Å². The van der Waals surface area contributed by atoms with Crippen LogP contribution >= 0.6 is 0 Å². The van der Waals surface area contributed by atoms with Gasteiger partial charge in [0.25, 0.3) is 5.91 Å². The predicted octanol–water partition coefficient (Wildman–Crippen LogP) is 6.41. The summed E-state index contributed by atoms with van der Waals surface area (Å²) in [7, 11) is 0. The molecule has 10 nitrogen and oxygen atoms in total. The zero-order chi connectivity index (χ0) is 35.9. The number of carboxylic acids is 1. The molecule has 3 saturated carbocycles. The quantitative estimate of drug-likeness (QED) is 0.239. The van der Waals surface area contributed by atoms with E-state index in [1.54, 1.807) is 4.68 Å². The molecule has 1 aromatic heterocycles. The average molecular weight is 682 g/mol. The summed E-state index contributed by atoms with van der Waals surface area (Å²) in [5.41, 5.74) is 12.1. The van der Waals surface area contributed by atoms with Crippen molar-refractivity contribution in [3.05, 3.63) is 23.8 Å². The van der Waals surface area contributed by atoms with Gasteiger partial charge in [-0.25, -0.2) is 9.67 Å². The number of fused-ring (bicyclic) bond motifs is 3. The first kappa shape index (κ1) is 36.5. The van der Waals surface area contributed by atoms with E-state index in [2.05, 4.69) is 78.5 Å². The van der Waals surface area contributed by atoms with Crippen LogP contribution in [0.1, 0.15) is 130 Å². The summed E-state index contributed by atoms with van der Waals surface area (Å²) in [6, 6.07) is -0.304. The number of ether oxygens (including phenoxy) is 2. The van der Waals surface area contributed by atoms with Crippen molar-refractivity contribution in [3.8, 4) is 0 Å². The van der Waals surface area contributed by atoms with Crippen LogP contribution in [-0.2, 0) is 14.3 Å². The second kappa shape index (κ2) is 12.1. The highest BCUT2D eigenvalue weighted by atomic mass is 16.5. The maximum Gasteiger partial charge on any atom is 0.307 e. The monoisotopic (exact) mass is 681 g/mol. The SMILES string of the molecule is CCC(N)(CC)CO[C@H]1[C@H](n2ncnc2C(N)=O)C[C@@]23COC[C@@]1(C)[C@@H]2CC[C@H]1C3=CC[C@@]2(C)[C@H](C(=O)O)[C@@](C)([C@H](C)C(C)C)CC[C@]12C. The number of allylic oxidation sites excluding steroid dienone is 1. The number of carbonyl (C=O) groups is 2. The Morgan fingerprint density at radius 1 is 1.10 bits per heavy atom. The van der Waals surface area contributed by atoms with Crippen LogP contribution in [-0.4, -0.2) is 63.2 Å². The van der Waals surface area contributed by atoms with Gasteiger partial charge in [-0.1, -0.05) is 74.0 Å². The van der Waals surface area contributed by atoms with Gasteiger partial charge in [-0.2, -0.15) is 5.10 Å². The zero-order valence-electron chi connectivity index (χ0n) is 31.6. The summed E-state index contributed by atoms with van der Waals surface area (Å²) in [6.45, 7) is 21.7. The Kier molecular flexibility index (Phi) is 9.05. The number of primary amides is 1. The van der Waals surface area contributed by atoms with Gasteiger partial charge >= 0.3 is 5.97 Å². The van der Waals surface area contributed by atoms with Crippen molar-refractivity contribution < 1.29 is 24.2 Å². The highest BCUT2D eigenvalue weighted by Gasteiger charge is 2.72. The molecule has 2 bridgehead atoms. The lowest BCUT2D eigenvalue weighted by molar-refractivity contribution is -0.252. The van der Waals surface area contributed by atoms with Crippen LogP contribution in [0.25, 0.3) is 0 Å². The van der Waals surface area contributed by atoms with Crippen molar-refractivity contribution in [1.29, 1.82) is 0 Å². The number of aliphatic carboxylic acids is 1. The van der Waals surface area contributed by atoms with Crippen molar-refractivity contribution in [2.45, 2.75) is 131 Å². The Morgan fingerprint density at radius 3 is 2.41 bits per heavy atom. The minimum absolute atomic E-state index is 0.140. The third-order valence-corrected chi connectivity index (χ3v) is 16.2. The maximum atomic E-state index is 13.5. The summed E-state index contributed by atoms with van der Waals surface area (Å²) in [5, 5.41) is 15.7. The molecule has 5 N–H and O–H groups in total. The standard InChI is InChI=1S/C39H63N5O5/c1-10-38(41,11-2)20-49-30-27(44-32(31(40)45)42-22-43-44)18-39-21-48-19-35(30,7)28(39)13-12-25-26(39)14-15-37(9)29(33(46)47)34(6,24(5)23(3)4)16-17-36(25,37)8/h14,22-25,27-30H,10-13,15-21,41H2,1-9H3,(H2,40,45)(H,46,47)/t24-,25+,27-,28+,29-,30+,34-,35+,36-,37+,39+/m1/s1. The third-order valence-electron chi connectivity index (χ3n) is 16.2. The second-order valence-electron chi connectivity index (χ2n) is 18.3. The Labute approximate surface area is 293 Å². The summed E-state index contributed by atoms with van der Waals surface area (Å²) in [5.74, 6) is -0.373. The number of hydrogen-bond donors (Lipinski definition) is 3. The normalized spacial score (nSPS) is 42.4. The van der Waals surface area contributed by atoms with Crippen LogP contribution in [0.4, 0.5) is 0 Å². The van der Waals surface area contributed by atoms with Crippen molar-refractivity contribution >= 4 is 11.9 Å². The maximum absolute atomic E-state index is 13.5. The van der Waals surface area contributed by atoms with Crippen molar-refractivity contribution in [2.75, 3.05) is 19.8 Å². The van der Waals surface area contributed by atoms with E-state index in [1.807, 2.05) is 0 Å². The van der Waals surface area contributed by atoms with E-state index < -0.39 is 28.7 Å². The third kappa shape index (κ3) is 5.03. The molecule has 2 heterocycles. The second-order valence-corrected chi connectivity index (χ2v) is 18.3. The van der Waals surface area contributed by atoms with E-state index in [9.17, 15) is 14.7 Å². The molecule has 0 spiro atoms. The van der Waals surface area contributed by atoms with E-state index in [4.69, 9.17) is 20.9 Å². The molecule has 11 atom stereocenters. The number of carboxylic acid groups (broad SMARTS) is 1. The van der Waals surface area contributed by atoms with Gasteiger partial charge in [-0.15, -0.1) is 0 Å². The van der Waals surface area contributed by atoms with Gasteiger partial charge in [-0.3, -0.25) is 9.59 Å². The number of rotatable bonds is 10. The highest BCUT2D eigenvalue weighted by Crippen LogP contribution is 2.75. The Bertz CT molecular complexity index is 1490. The molecule has 1 aliphatic heterocycles. The molecule has 49 heavy (non-hydrogen) atoms. The van der Waals surface area contributed by atoms with E-state index in [-0.39, 0.29) is 57.4 Å². The Morgan fingerprint density at radius 2 is 1.80 bits per heavy atom. The number of amides is 1. The summed E-state index contributed by atoms with van der Waals surface area (Å²) in [4.78, 5) is 30.5. The molecule has 1 saturated heterocycles. The van der Waals surface area contributed by atoms with Crippen LogP contribution in [0, 0.1) is 56.7 Å². The van der Waals surface area contributed by atoms with Gasteiger partial charge in [-0.05, 0) is 91.3 Å². The molecular weight excluding hydrogens is 618 g/mol. The van der Waals surface area contributed by atoms with E-state index in [1.165, 1.54) is 11.9 Å². The van der Waals surface area contributed by atoms with E-state index in [0.29, 0.717) is 32.2 Å².